The van der Waals surface area contributed by atoms with Crippen LogP contribution < -0.4 is 15.0 Å². The van der Waals surface area contributed by atoms with Crippen molar-refractivity contribution in [1.29, 1.82) is 0 Å². The van der Waals surface area contributed by atoms with E-state index < -0.39 is 0 Å². The Kier molecular flexibility index (Phi) is 4.57. The van der Waals surface area contributed by atoms with Crippen LogP contribution in [0.1, 0.15) is 35.7 Å². The number of anilines is 1. The topological polar surface area (TPSA) is 42.3 Å². The smallest absolute Gasteiger partial charge is 0.130 e. The van der Waals surface area contributed by atoms with Gasteiger partial charge in [-0.05, 0) is 25.8 Å². The van der Waals surface area contributed by atoms with E-state index in [2.05, 4.69) is 54.5 Å². The van der Waals surface area contributed by atoms with Crippen LogP contribution in [0.5, 0.6) is 5.75 Å². The van der Waals surface area contributed by atoms with Crippen molar-refractivity contribution in [3.63, 3.8) is 0 Å². The molecule has 0 unspecified atom stereocenters. The minimum absolute atomic E-state index is 0.323. The van der Waals surface area contributed by atoms with E-state index in [1.807, 2.05) is 17.8 Å². The summed E-state index contributed by atoms with van der Waals surface area (Å²) in [4.78, 5) is 2.13. The molecule has 1 N–H and O–H groups in total. The van der Waals surface area contributed by atoms with Gasteiger partial charge in [0.25, 0.3) is 0 Å². The fraction of sp³-hybridized carbons (Fsp3) is 0.500. The van der Waals surface area contributed by atoms with E-state index in [1.54, 1.807) is 0 Å². The lowest BCUT2D eigenvalue weighted by molar-refractivity contribution is 0.315. The first-order valence-corrected chi connectivity index (χ1v) is 8.23. The Labute approximate surface area is 138 Å². The molecule has 0 saturated carbocycles. The Balaban J connectivity index is 1.82. The molecule has 0 saturated heterocycles. The number of fused-ring (bicyclic) bond motifs is 1. The molecule has 23 heavy (non-hydrogen) atoms. The Morgan fingerprint density at radius 3 is 2.91 bits per heavy atom. The summed E-state index contributed by atoms with van der Waals surface area (Å²) in [7, 11) is 6.13. The molecule has 0 radical (unpaired) electrons. The van der Waals surface area contributed by atoms with Crippen molar-refractivity contribution in [2.45, 2.75) is 32.4 Å². The van der Waals surface area contributed by atoms with Crippen LogP contribution in [-0.2, 0) is 13.6 Å². The van der Waals surface area contributed by atoms with Crippen LogP contribution in [0.3, 0.4) is 0 Å². The van der Waals surface area contributed by atoms with Gasteiger partial charge in [-0.1, -0.05) is 18.2 Å². The lowest BCUT2D eigenvalue weighted by Gasteiger charge is -2.20. The summed E-state index contributed by atoms with van der Waals surface area (Å²) in [5.41, 5.74) is 3.61. The number of rotatable bonds is 4. The van der Waals surface area contributed by atoms with E-state index >= 15 is 0 Å². The van der Waals surface area contributed by atoms with Crippen molar-refractivity contribution in [2.75, 3.05) is 25.6 Å². The number of hydrogen-bond acceptors (Lipinski definition) is 4. The number of nitrogens with one attached hydrogen (secondary N) is 1. The van der Waals surface area contributed by atoms with E-state index in [4.69, 9.17) is 4.74 Å². The lowest BCUT2D eigenvalue weighted by atomic mass is 10.0. The maximum Gasteiger partial charge on any atom is 0.130 e. The number of benzene rings is 1. The second-order valence-corrected chi connectivity index (χ2v) is 6.37. The number of aryl methyl sites for hydroxylation is 2. The van der Waals surface area contributed by atoms with Crippen LogP contribution in [0, 0.1) is 6.92 Å². The number of aromatic nitrogens is 2. The molecule has 3 rings (SSSR count). The van der Waals surface area contributed by atoms with Crippen LogP contribution in [-0.4, -0.2) is 30.5 Å². The van der Waals surface area contributed by atoms with Gasteiger partial charge in [0.15, 0.2) is 0 Å². The Morgan fingerprint density at radius 1 is 1.35 bits per heavy atom. The highest BCUT2D eigenvalue weighted by Crippen LogP contribution is 2.32. The Hall–Kier alpha value is -2.01. The summed E-state index contributed by atoms with van der Waals surface area (Å²) in [5.74, 6) is 2.17. The van der Waals surface area contributed by atoms with Crippen LogP contribution in [0.2, 0.25) is 0 Å². The molecule has 0 spiro atoms. The normalized spacial score (nSPS) is 17.3. The van der Waals surface area contributed by atoms with Gasteiger partial charge < -0.3 is 15.0 Å². The van der Waals surface area contributed by atoms with Crippen molar-refractivity contribution >= 4 is 5.82 Å². The van der Waals surface area contributed by atoms with E-state index in [1.165, 1.54) is 11.1 Å². The van der Waals surface area contributed by atoms with Gasteiger partial charge in [0.2, 0.25) is 0 Å². The molecule has 1 aliphatic heterocycles. The summed E-state index contributed by atoms with van der Waals surface area (Å²) in [6.07, 6.45) is 2.16. The highest BCUT2D eigenvalue weighted by Gasteiger charge is 2.21. The monoisotopic (exact) mass is 314 g/mol. The van der Waals surface area contributed by atoms with Gasteiger partial charge >= 0.3 is 0 Å². The van der Waals surface area contributed by atoms with Crippen LogP contribution in [0.4, 0.5) is 5.82 Å². The first-order valence-electron chi connectivity index (χ1n) is 8.23. The fourth-order valence-electron chi connectivity index (χ4n) is 3.42. The van der Waals surface area contributed by atoms with Gasteiger partial charge in [-0.3, -0.25) is 4.68 Å². The first kappa shape index (κ1) is 15.9. The molecule has 0 aliphatic carbocycles. The molecule has 1 aromatic carbocycles. The molecule has 2 heterocycles. The minimum Gasteiger partial charge on any atom is -0.493 e. The van der Waals surface area contributed by atoms with Gasteiger partial charge in [0, 0.05) is 44.9 Å². The SMILES string of the molecule is Cc1nn(C)c(N(C)C)c1CN[C@H]1CCCOc2ccccc21. The van der Waals surface area contributed by atoms with Crippen molar-refractivity contribution in [1.82, 2.24) is 15.1 Å². The van der Waals surface area contributed by atoms with E-state index in [0.29, 0.717) is 6.04 Å². The molecule has 0 amide bonds. The highest BCUT2D eigenvalue weighted by atomic mass is 16.5. The zero-order valence-electron chi connectivity index (χ0n) is 14.5. The predicted molar refractivity (Wildman–Crippen MR) is 93.0 cm³/mol. The molecule has 1 aliphatic rings. The fourth-order valence-corrected chi connectivity index (χ4v) is 3.42. The summed E-state index contributed by atoms with van der Waals surface area (Å²) in [5, 5.41) is 8.29. The molecule has 5 nitrogen and oxygen atoms in total. The second kappa shape index (κ2) is 6.62. The average molecular weight is 314 g/mol. The molecule has 1 atom stereocenters. The third-order valence-electron chi connectivity index (χ3n) is 4.45. The summed E-state index contributed by atoms with van der Waals surface area (Å²) in [6, 6.07) is 8.68. The van der Waals surface area contributed by atoms with Gasteiger partial charge in [0.05, 0.1) is 12.3 Å². The van der Waals surface area contributed by atoms with Crippen molar-refractivity contribution in [3.8, 4) is 5.75 Å². The molecule has 124 valence electrons. The summed E-state index contributed by atoms with van der Waals surface area (Å²) in [6.45, 7) is 3.68. The highest BCUT2D eigenvalue weighted by molar-refractivity contribution is 5.49. The van der Waals surface area contributed by atoms with Gasteiger partial charge in [-0.15, -0.1) is 0 Å². The van der Waals surface area contributed by atoms with Gasteiger partial charge in [-0.25, -0.2) is 0 Å². The van der Waals surface area contributed by atoms with Crippen LogP contribution in [0.25, 0.3) is 0 Å². The number of nitrogens with zero attached hydrogens (tertiary/aromatic N) is 3. The van der Waals surface area contributed by atoms with E-state index in [0.717, 1.165) is 43.3 Å². The van der Waals surface area contributed by atoms with Gasteiger partial charge in [0.1, 0.15) is 11.6 Å². The first-order chi connectivity index (χ1) is 11.1. The molecule has 1 aromatic heterocycles. The average Bonchev–Trinajstić information content (AvgIpc) is 2.69. The minimum atomic E-state index is 0.323. The third kappa shape index (κ3) is 3.20. The molecule has 0 fully saturated rings. The molecule has 5 heteroatoms. The van der Waals surface area contributed by atoms with E-state index in [-0.39, 0.29) is 0 Å². The predicted octanol–water partition coefficient (Wildman–Crippen LogP) is 2.80. The zero-order valence-corrected chi connectivity index (χ0v) is 14.5. The number of hydrogen-bond donors (Lipinski definition) is 1. The zero-order chi connectivity index (χ0) is 16.4. The Morgan fingerprint density at radius 2 is 2.13 bits per heavy atom. The summed E-state index contributed by atoms with van der Waals surface area (Å²) >= 11 is 0. The van der Waals surface area contributed by atoms with Crippen molar-refractivity contribution in [3.05, 3.63) is 41.1 Å². The van der Waals surface area contributed by atoms with Crippen LogP contribution in [0.15, 0.2) is 24.3 Å². The number of para-hydroxylation sites is 1. The summed E-state index contributed by atoms with van der Waals surface area (Å²) < 4.78 is 7.81. The van der Waals surface area contributed by atoms with Crippen molar-refractivity contribution < 1.29 is 4.74 Å². The standard InChI is InChI=1S/C18H26N4O/c1-13-15(18(21(2)3)22(4)20-13)12-19-16-9-7-11-23-17-10-6-5-8-14(16)17/h5-6,8,10,16,19H,7,9,11-12H2,1-4H3/t16-/m0/s1. The second-order valence-electron chi connectivity index (χ2n) is 6.37. The van der Waals surface area contributed by atoms with E-state index in [9.17, 15) is 0 Å². The van der Waals surface area contributed by atoms with Crippen LogP contribution >= 0.6 is 0 Å². The lowest BCUT2D eigenvalue weighted by Crippen LogP contribution is -2.23. The Bertz CT molecular complexity index is 678. The largest absolute Gasteiger partial charge is 0.493 e. The molecule has 2 aromatic rings. The number of ether oxygens (including phenoxy) is 1. The van der Waals surface area contributed by atoms with Crippen molar-refractivity contribution in [2.24, 2.45) is 7.05 Å². The quantitative estimate of drug-likeness (QED) is 0.942. The maximum absolute atomic E-state index is 5.86. The van der Waals surface area contributed by atoms with Gasteiger partial charge in [-0.2, -0.15) is 5.10 Å². The molecule has 0 bridgehead atoms. The maximum atomic E-state index is 5.86. The third-order valence-corrected chi connectivity index (χ3v) is 4.45. The molecular formula is C18H26N4O. The molecular weight excluding hydrogens is 288 g/mol.